The molecule has 18 heavy (non-hydrogen) atoms. The number of amidine groups is 1. The Hall–Kier alpha value is -2.70. The summed E-state index contributed by atoms with van der Waals surface area (Å²) in [6.45, 7) is 0. The molecule has 1 aliphatic heterocycles. The van der Waals surface area contributed by atoms with Crippen molar-refractivity contribution in [3.8, 4) is 0 Å². The fourth-order valence-electron chi connectivity index (χ4n) is 1.57. The van der Waals surface area contributed by atoms with Crippen molar-refractivity contribution < 1.29 is 4.39 Å². The Balaban J connectivity index is 2.00. The first-order valence-corrected chi connectivity index (χ1v) is 5.21. The van der Waals surface area contributed by atoms with Gasteiger partial charge >= 0.3 is 0 Å². The highest BCUT2D eigenvalue weighted by atomic mass is 19.1. The van der Waals surface area contributed by atoms with E-state index in [1.165, 1.54) is 18.3 Å². The molecule has 0 amide bonds. The van der Waals surface area contributed by atoms with Crippen molar-refractivity contribution in [2.45, 2.75) is 0 Å². The smallest absolute Gasteiger partial charge is 0.222 e. The average molecular weight is 244 g/mol. The van der Waals surface area contributed by atoms with Crippen LogP contribution in [0.1, 0.15) is 5.56 Å². The SMILES string of the molecule is Nc1ncc2c(n1)NNC(c1ccc(F)cc1)=N2. The van der Waals surface area contributed by atoms with E-state index in [9.17, 15) is 4.39 Å². The van der Waals surface area contributed by atoms with E-state index in [0.717, 1.165) is 5.56 Å². The minimum absolute atomic E-state index is 0.170. The van der Waals surface area contributed by atoms with Gasteiger partial charge in [0.2, 0.25) is 5.95 Å². The van der Waals surface area contributed by atoms with Crippen molar-refractivity contribution in [2.24, 2.45) is 4.99 Å². The number of hydrogen-bond donors (Lipinski definition) is 3. The molecule has 0 radical (unpaired) electrons. The van der Waals surface area contributed by atoms with Crippen molar-refractivity contribution in [3.05, 3.63) is 41.8 Å². The summed E-state index contributed by atoms with van der Waals surface area (Å²) >= 11 is 0. The van der Waals surface area contributed by atoms with Crippen molar-refractivity contribution in [3.63, 3.8) is 0 Å². The highest BCUT2D eigenvalue weighted by Gasteiger charge is 2.14. The summed E-state index contributed by atoms with van der Waals surface area (Å²) in [7, 11) is 0. The van der Waals surface area contributed by atoms with Crippen molar-refractivity contribution in [1.82, 2.24) is 15.4 Å². The van der Waals surface area contributed by atoms with Gasteiger partial charge in [-0.3, -0.25) is 10.9 Å². The predicted molar refractivity (Wildman–Crippen MR) is 65.8 cm³/mol. The summed E-state index contributed by atoms with van der Waals surface area (Å²) in [5.41, 5.74) is 12.5. The average Bonchev–Trinajstić information content (AvgIpc) is 2.39. The minimum Gasteiger partial charge on any atom is -0.368 e. The van der Waals surface area contributed by atoms with E-state index in [4.69, 9.17) is 5.73 Å². The molecule has 3 rings (SSSR count). The summed E-state index contributed by atoms with van der Waals surface area (Å²) in [6, 6.07) is 6.00. The monoisotopic (exact) mass is 244 g/mol. The molecule has 6 nitrogen and oxygen atoms in total. The highest BCUT2D eigenvalue weighted by molar-refractivity contribution is 6.02. The first-order chi connectivity index (χ1) is 8.72. The number of halogens is 1. The Morgan fingerprint density at radius 3 is 2.67 bits per heavy atom. The lowest BCUT2D eigenvalue weighted by Gasteiger charge is -2.18. The quantitative estimate of drug-likeness (QED) is 0.701. The summed E-state index contributed by atoms with van der Waals surface area (Å²) < 4.78 is 12.8. The first kappa shape index (κ1) is 10.5. The fourth-order valence-corrected chi connectivity index (χ4v) is 1.57. The predicted octanol–water partition coefficient (Wildman–Crippen LogP) is 1.21. The van der Waals surface area contributed by atoms with Crippen LogP contribution in [0.4, 0.5) is 21.8 Å². The summed E-state index contributed by atoms with van der Waals surface area (Å²) in [4.78, 5) is 12.2. The molecule has 0 bridgehead atoms. The van der Waals surface area contributed by atoms with Gasteiger partial charge in [0, 0.05) is 5.56 Å². The molecule has 0 unspecified atom stereocenters. The molecule has 0 fully saturated rings. The molecule has 0 aliphatic carbocycles. The van der Waals surface area contributed by atoms with Crippen LogP contribution in [0, 0.1) is 5.82 Å². The number of benzene rings is 1. The number of anilines is 2. The summed E-state index contributed by atoms with van der Waals surface area (Å²) in [5, 5.41) is 0. The van der Waals surface area contributed by atoms with Gasteiger partial charge in [0.15, 0.2) is 11.7 Å². The first-order valence-electron chi connectivity index (χ1n) is 5.21. The van der Waals surface area contributed by atoms with Crippen LogP contribution >= 0.6 is 0 Å². The van der Waals surface area contributed by atoms with E-state index in [0.29, 0.717) is 17.3 Å². The molecule has 0 atom stereocenters. The number of nitrogens with one attached hydrogen (secondary N) is 2. The van der Waals surface area contributed by atoms with E-state index in [1.54, 1.807) is 12.1 Å². The molecule has 2 heterocycles. The van der Waals surface area contributed by atoms with Gasteiger partial charge in [0.05, 0.1) is 6.20 Å². The Kier molecular flexibility index (Phi) is 2.30. The number of fused-ring (bicyclic) bond motifs is 1. The van der Waals surface area contributed by atoms with Crippen molar-refractivity contribution in [1.29, 1.82) is 0 Å². The molecular weight excluding hydrogens is 235 g/mol. The highest BCUT2D eigenvalue weighted by Crippen LogP contribution is 2.24. The van der Waals surface area contributed by atoms with E-state index in [-0.39, 0.29) is 11.8 Å². The molecular formula is C11H9FN6. The third kappa shape index (κ3) is 1.81. The van der Waals surface area contributed by atoms with Gasteiger partial charge in [-0.15, -0.1) is 0 Å². The molecule has 90 valence electrons. The second-order valence-electron chi connectivity index (χ2n) is 3.68. The van der Waals surface area contributed by atoms with E-state index >= 15 is 0 Å². The largest absolute Gasteiger partial charge is 0.368 e. The van der Waals surface area contributed by atoms with Crippen LogP contribution in [0.5, 0.6) is 0 Å². The topological polar surface area (TPSA) is 88.2 Å². The number of nitrogens with zero attached hydrogens (tertiary/aromatic N) is 3. The van der Waals surface area contributed by atoms with Crippen LogP contribution in [-0.4, -0.2) is 15.8 Å². The number of aliphatic imine (C=N–C) groups is 1. The van der Waals surface area contributed by atoms with Gasteiger partial charge in [0.25, 0.3) is 0 Å². The van der Waals surface area contributed by atoms with Crippen LogP contribution in [0.15, 0.2) is 35.5 Å². The maximum absolute atomic E-state index is 12.8. The Bertz CT molecular complexity index is 622. The summed E-state index contributed by atoms with van der Waals surface area (Å²) in [6.07, 6.45) is 1.52. The third-order valence-electron chi connectivity index (χ3n) is 2.44. The second kappa shape index (κ2) is 3.95. The molecule has 0 saturated carbocycles. The fraction of sp³-hybridized carbons (Fsp3) is 0. The molecule has 4 N–H and O–H groups in total. The normalized spacial score (nSPS) is 13.1. The van der Waals surface area contributed by atoms with Crippen molar-refractivity contribution >= 4 is 23.3 Å². The zero-order valence-corrected chi connectivity index (χ0v) is 9.18. The lowest BCUT2D eigenvalue weighted by Crippen LogP contribution is -2.33. The second-order valence-corrected chi connectivity index (χ2v) is 3.68. The van der Waals surface area contributed by atoms with Gasteiger partial charge in [-0.2, -0.15) is 4.98 Å². The molecule has 7 heteroatoms. The summed E-state index contributed by atoms with van der Waals surface area (Å²) in [5.74, 6) is 0.951. The Morgan fingerprint density at radius 1 is 1.11 bits per heavy atom. The number of aromatic nitrogens is 2. The van der Waals surface area contributed by atoms with Crippen LogP contribution in [0.3, 0.4) is 0 Å². The lowest BCUT2D eigenvalue weighted by atomic mass is 10.2. The Labute approximate surface area is 102 Å². The molecule has 1 aromatic carbocycles. The molecule has 2 aromatic rings. The van der Waals surface area contributed by atoms with Gasteiger partial charge in [-0.05, 0) is 24.3 Å². The van der Waals surface area contributed by atoms with Gasteiger partial charge in [-0.25, -0.2) is 14.4 Å². The zero-order chi connectivity index (χ0) is 12.5. The van der Waals surface area contributed by atoms with Crippen LogP contribution in [-0.2, 0) is 0 Å². The molecule has 1 aromatic heterocycles. The third-order valence-corrected chi connectivity index (χ3v) is 2.44. The molecule has 1 aliphatic rings. The number of rotatable bonds is 1. The maximum Gasteiger partial charge on any atom is 0.222 e. The number of hydrazine groups is 1. The maximum atomic E-state index is 12.8. The van der Waals surface area contributed by atoms with Crippen molar-refractivity contribution in [2.75, 3.05) is 11.2 Å². The Morgan fingerprint density at radius 2 is 1.89 bits per heavy atom. The van der Waals surface area contributed by atoms with E-state index in [1.807, 2.05) is 0 Å². The number of hydrogen-bond acceptors (Lipinski definition) is 6. The standard InChI is InChI=1S/C11H9FN6/c12-7-3-1-6(2-4-7)9-15-8-5-14-11(13)16-10(8)18-17-9/h1-5H,(H,15,17)(H3,13,14,16,18). The van der Waals surface area contributed by atoms with E-state index in [2.05, 4.69) is 25.8 Å². The lowest BCUT2D eigenvalue weighted by molar-refractivity contribution is 0.627. The van der Waals surface area contributed by atoms with Gasteiger partial charge < -0.3 is 5.73 Å². The number of nitrogen functional groups attached to an aromatic ring is 1. The molecule has 0 saturated heterocycles. The van der Waals surface area contributed by atoms with Crippen LogP contribution in [0.2, 0.25) is 0 Å². The van der Waals surface area contributed by atoms with Crippen LogP contribution < -0.4 is 16.6 Å². The van der Waals surface area contributed by atoms with Crippen LogP contribution in [0.25, 0.3) is 0 Å². The number of nitrogens with two attached hydrogens (primary N) is 1. The van der Waals surface area contributed by atoms with Gasteiger partial charge in [-0.1, -0.05) is 0 Å². The zero-order valence-electron chi connectivity index (χ0n) is 9.18. The van der Waals surface area contributed by atoms with Gasteiger partial charge in [0.1, 0.15) is 11.5 Å². The van der Waals surface area contributed by atoms with E-state index < -0.39 is 0 Å². The molecule has 0 spiro atoms. The minimum atomic E-state index is -0.292.